The van der Waals surface area contributed by atoms with E-state index in [1.165, 1.54) is 12.8 Å². The molecule has 0 heterocycles. The van der Waals surface area contributed by atoms with Crippen LogP contribution in [0.5, 0.6) is 0 Å². The molecule has 0 amide bonds. The van der Waals surface area contributed by atoms with Gasteiger partial charge in [-0.1, -0.05) is 32.6 Å². The molecule has 0 unspecified atom stereocenters. The molecule has 4 heteroatoms. The Morgan fingerprint density at radius 1 is 1.17 bits per heavy atom. The summed E-state index contributed by atoms with van der Waals surface area (Å²) < 4.78 is 0. The maximum atomic E-state index is 9.92. The summed E-state index contributed by atoms with van der Waals surface area (Å²) in [5, 5.41) is 9.92. The number of carboxylic acid groups (broad SMARTS) is 1. The summed E-state index contributed by atoms with van der Waals surface area (Å²) in [6.45, 7) is 2.14. The summed E-state index contributed by atoms with van der Waals surface area (Å²) in [6, 6.07) is 0. The first-order chi connectivity index (χ1) is 4.77. The third-order valence-electron chi connectivity index (χ3n) is 1.48. The first-order valence-corrected chi connectivity index (χ1v) is 3.97. The van der Waals surface area contributed by atoms with Gasteiger partial charge in [0.1, 0.15) is 0 Å². The fourth-order valence-corrected chi connectivity index (χ4v) is 0.873. The summed E-state index contributed by atoms with van der Waals surface area (Å²) >= 11 is 0. The van der Waals surface area contributed by atoms with Gasteiger partial charge in [0.15, 0.2) is 0 Å². The van der Waals surface area contributed by atoms with Crippen LogP contribution in [0, 0.1) is 0 Å². The molecule has 68 valence electrons. The molecule has 0 bridgehead atoms. The third kappa shape index (κ3) is 17.2. The molecule has 0 fully saturated rings. The minimum absolute atomic E-state index is 0. The van der Waals surface area contributed by atoms with E-state index in [4.69, 9.17) is 0 Å². The Morgan fingerprint density at radius 3 is 2.08 bits per heavy atom. The molecule has 0 aromatic carbocycles. The summed E-state index contributed by atoms with van der Waals surface area (Å²) in [5.74, 6) is -0.920. The van der Waals surface area contributed by atoms with Crippen LogP contribution in [0.4, 0.5) is 0 Å². The van der Waals surface area contributed by atoms with Crippen LogP contribution >= 0.6 is 0 Å². The average Bonchev–Trinajstić information content (AvgIpc) is 1.87. The van der Waals surface area contributed by atoms with E-state index < -0.39 is 5.97 Å². The fourth-order valence-electron chi connectivity index (χ4n) is 0.873. The van der Waals surface area contributed by atoms with Crippen LogP contribution in [0.3, 0.4) is 0 Å². The summed E-state index contributed by atoms with van der Waals surface area (Å²) in [7, 11) is 0. The molecule has 0 aliphatic rings. The van der Waals surface area contributed by atoms with Crippen LogP contribution in [0.2, 0.25) is 0 Å². The molecule has 0 saturated carbocycles. The molecule has 0 rings (SSSR count). The van der Waals surface area contributed by atoms with Gasteiger partial charge in [-0.2, -0.15) is 0 Å². The van der Waals surface area contributed by atoms with E-state index in [9.17, 15) is 9.90 Å². The van der Waals surface area contributed by atoms with E-state index in [1.54, 1.807) is 0 Å². The van der Waals surface area contributed by atoms with Crippen LogP contribution in [-0.4, -0.2) is 11.4 Å². The molecule has 0 aromatic rings. The number of unbranched alkanes of at least 4 members (excludes halogenated alkanes) is 4. The topological polar surface area (TPSA) is 71.6 Å². The number of rotatable bonds is 6. The van der Waals surface area contributed by atoms with E-state index in [2.05, 4.69) is 6.92 Å². The smallest absolute Gasteiger partial charge is 0.550 e. The molecular formula is C8H17KO3. The molecule has 0 radical (unpaired) electrons. The Labute approximate surface area is 117 Å². The third-order valence-corrected chi connectivity index (χ3v) is 1.48. The van der Waals surface area contributed by atoms with Gasteiger partial charge in [0.25, 0.3) is 0 Å². The summed E-state index contributed by atoms with van der Waals surface area (Å²) in [5.41, 5.74) is 0. The van der Waals surface area contributed by atoms with E-state index >= 15 is 0 Å². The van der Waals surface area contributed by atoms with Crippen molar-refractivity contribution >= 4 is 5.97 Å². The summed E-state index contributed by atoms with van der Waals surface area (Å²) in [4.78, 5) is 9.92. The fraction of sp³-hybridized carbons (Fsp3) is 0.875. The minimum Gasteiger partial charge on any atom is -0.550 e. The van der Waals surface area contributed by atoms with Crippen molar-refractivity contribution in [3.8, 4) is 0 Å². The van der Waals surface area contributed by atoms with Gasteiger partial charge in [-0.15, -0.1) is 0 Å². The molecule has 0 atom stereocenters. The molecule has 0 saturated heterocycles. The molecule has 0 spiro atoms. The van der Waals surface area contributed by atoms with Gasteiger partial charge in [0.2, 0.25) is 0 Å². The van der Waals surface area contributed by atoms with E-state index in [0.29, 0.717) is 0 Å². The van der Waals surface area contributed by atoms with Gasteiger partial charge in [0, 0.05) is 5.97 Å². The van der Waals surface area contributed by atoms with Crippen molar-refractivity contribution in [2.24, 2.45) is 0 Å². The Hall–Kier alpha value is 1.07. The van der Waals surface area contributed by atoms with Crippen molar-refractivity contribution in [1.82, 2.24) is 0 Å². The van der Waals surface area contributed by atoms with Gasteiger partial charge < -0.3 is 15.4 Å². The second-order valence-corrected chi connectivity index (χ2v) is 2.54. The van der Waals surface area contributed by atoms with Crippen molar-refractivity contribution in [2.75, 3.05) is 0 Å². The second kappa shape index (κ2) is 14.6. The number of aliphatic carboxylic acids is 1. The zero-order chi connectivity index (χ0) is 7.82. The summed E-state index contributed by atoms with van der Waals surface area (Å²) in [6.07, 6.45) is 5.61. The molecule has 0 aliphatic heterocycles. The number of hydrogen-bond acceptors (Lipinski definition) is 2. The molecule has 3 nitrogen and oxygen atoms in total. The van der Waals surface area contributed by atoms with Crippen LogP contribution in [0.25, 0.3) is 0 Å². The van der Waals surface area contributed by atoms with Crippen LogP contribution < -0.4 is 56.5 Å². The Morgan fingerprint density at radius 2 is 1.67 bits per heavy atom. The normalized spacial score (nSPS) is 8.08. The van der Waals surface area contributed by atoms with E-state index in [0.717, 1.165) is 19.3 Å². The first-order valence-electron chi connectivity index (χ1n) is 3.97. The van der Waals surface area contributed by atoms with Crippen molar-refractivity contribution in [3.63, 3.8) is 0 Å². The minimum atomic E-state index is -0.920. The monoisotopic (exact) mass is 200 g/mol. The van der Waals surface area contributed by atoms with Gasteiger partial charge in [-0.3, -0.25) is 0 Å². The Kier molecular flexibility index (Phi) is 22.8. The molecule has 0 aromatic heterocycles. The molecular weight excluding hydrogens is 183 g/mol. The zero-order valence-electron chi connectivity index (χ0n) is 8.06. The molecule has 2 N–H and O–H groups in total. The zero-order valence-corrected chi connectivity index (χ0v) is 11.2. The van der Waals surface area contributed by atoms with Gasteiger partial charge in [0.05, 0.1) is 0 Å². The van der Waals surface area contributed by atoms with Crippen molar-refractivity contribution in [3.05, 3.63) is 0 Å². The van der Waals surface area contributed by atoms with Gasteiger partial charge in [-0.05, 0) is 12.8 Å². The number of carboxylic acids is 1. The average molecular weight is 200 g/mol. The SMILES string of the molecule is CCCCCCCC(=O)[O-].O.[K+]. The van der Waals surface area contributed by atoms with Crippen LogP contribution in [0.15, 0.2) is 0 Å². The standard InChI is InChI=1S/C8H16O2.K.H2O/c1-2-3-4-5-6-7-8(9)10;;/h2-7H2,1H3,(H,9,10);;1H2/q;+1;/p-1. The predicted molar refractivity (Wildman–Crippen MR) is 42.0 cm³/mol. The number of hydrogen-bond donors (Lipinski definition) is 0. The van der Waals surface area contributed by atoms with Gasteiger partial charge in [-0.25, -0.2) is 0 Å². The van der Waals surface area contributed by atoms with E-state index in [1.807, 2.05) is 0 Å². The van der Waals surface area contributed by atoms with Crippen molar-refractivity contribution in [1.29, 1.82) is 0 Å². The predicted octanol–water partition coefficient (Wildman–Crippen LogP) is -2.72. The van der Waals surface area contributed by atoms with Gasteiger partial charge >= 0.3 is 51.4 Å². The first kappa shape index (κ1) is 18.8. The van der Waals surface area contributed by atoms with Crippen molar-refractivity contribution < 1.29 is 66.8 Å². The number of carbonyl (C=O) groups excluding carboxylic acids is 1. The Bertz CT molecular complexity index is 96.3. The maximum absolute atomic E-state index is 9.92. The van der Waals surface area contributed by atoms with E-state index in [-0.39, 0.29) is 63.3 Å². The number of carbonyl (C=O) groups is 1. The van der Waals surface area contributed by atoms with Crippen LogP contribution in [0.1, 0.15) is 45.4 Å². The largest absolute Gasteiger partial charge is 1.00 e. The van der Waals surface area contributed by atoms with Crippen LogP contribution in [-0.2, 0) is 4.79 Å². The quantitative estimate of drug-likeness (QED) is 0.345. The molecule has 12 heavy (non-hydrogen) atoms. The molecule has 0 aliphatic carbocycles. The second-order valence-electron chi connectivity index (χ2n) is 2.54. The van der Waals surface area contributed by atoms with Crippen molar-refractivity contribution in [2.45, 2.75) is 45.4 Å². The maximum Gasteiger partial charge on any atom is 1.00 e. The Balaban J connectivity index is -0.000000405.